The van der Waals surface area contributed by atoms with Crippen LogP contribution in [-0.2, 0) is 4.79 Å². The van der Waals surface area contributed by atoms with E-state index in [1.807, 2.05) is 0 Å². The van der Waals surface area contributed by atoms with Gasteiger partial charge in [0.2, 0.25) is 5.91 Å². The second kappa shape index (κ2) is 4.41. The molecule has 0 saturated heterocycles. The van der Waals surface area contributed by atoms with Gasteiger partial charge in [0.15, 0.2) is 0 Å². The number of rotatable bonds is 3. The molecule has 0 aliphatic rings. The van der Waals surface area contributed by atoms with Crippen molar-refractivity contribution in [1.82, 2.24) is 0 Å². The lowest BCUT2D eigenvalue weighted by molar-refractivity contribution is -0.116. The summed E-state index contributed by atoms with van der Waals surface area (Å²) in [6, 6.07) is 2.96. The molecule has 0 heterocycles. The van der Waals surface area contributed by atoms with E-state index < -0.39 is 5.91 Å². The van der Waals surface area contributed by atoms with Gasteiger partial charge in [-0.25, -0.2) is 4.39 Å². The third kappa shape index (κ3) is 2.70. The summed E-state index contributed by atoms with van der Waals surface area (Å²) in [4.78, 5) is 10.5. The zero-order valence-electron chi connectivity index (χ0n) is 7.60. The SMILES string of the molecule is Cc1cc(F)c(Br)cc1NCC(N)=O. The Morgan fingerprint density at radius 1 is 1.64 bits per heavy atom. The van der Waals surface area contributed by atoms with Gasteiger partial charge in [-0.2, -0.15) is 0 Å². The highest BCUT2D eigenvalue weighted by atomic mass is 79.9. The number of carbonyl (C=O) groups excluding carboxylic acids is 1. The standard InChI is InChI=1S/C9H10BrFN2O/c1-5-2-7(11)6(10)3-8(5)13-4-9(12)14/h2-3,13H,4H2,1H3,(H2,12,14). The van der Waals surface area contributed by atoms with Crippen LogP contribution < -0.4 is 11.1 Å². The van der Waals surface area contributed by atoms with Crippen molar-refractivity contribution in [1.29, 1.82) is 0 Å². The maximum Gasteiger partial charge on any atom is 0.236 e. The van der Waals surface area contributed by atoms with E-state index in [0.29, 0.717) is 10.2 Å². The minimum atomic E-state index is -0.454. The van der Waals surface area contributed by atoms with Crippen LogP contribution in [0.25, 0.3) is 0 Å². The minimum absolute atomic E-state index is 0.0406. The molecule has 0 fully saturated rings. The normalized spacial score (nSPS) is 9.93. The number of aryl methyl sites for hydroxylation is 1. The highest BCUT2D eigenvalue weighted by molar-refractivity contribution is 9.10. The molecule has 1 rings (SSSR count). The fraction of sp³-hybridized carbons (Fsp3) is 0.222. The summed E-state index contributed by atoms with van der Waals surface area (Å²) in [7, 11) is 0. The highest BCUT2D eigenvalue weighted by Gasteiger charge is 2.05. The largest absolute Gasteiger partial charge is 0.376 e. The third-order valence-electron chi connectivity index (χ3n) is 1.72. The van der Waals surface area contributed by atoms with Gasteiger partial charge in [0.05, 0.1) is 11.0 Å². The first kappa shape index (κ1) is 11.0. The molecule has 0 aliphatic heterocycles. The first-order valence-electron chi connectivity index (χ1n) is 3.98. The van der Waals surface area contributed by atoms with Crippen molar-refractivity contribution in [2.75, 3.05) is 11.9 Å². The zero-order chi connectivity index (χ0) is 10.7. The first-order valence-corrected chi connectivity index (χ1v) is 4.78. The predicted octanol–water partition coefficient (Wildman–Crippen LogP) is 1.79. The van der Waals surface area contributed by atoms with Crippen LogP contribution in [-0.4, -0.2) is 12.5 Å². The van der Waals surface area contributed by atoms with Crippen molar-refractivity contribution in [2.45, 2.75) is 6.92 Å². The first-order chi connectivity index (χ1) is 6.50. The molecule has 0 radical (unpaired) electrons. The quantitative estimate of drug-likeness (QED) is 0.871. The monoisotopic (exact) mass is 260 g/mol. The predicted molar refractivity (Wildman–Crippen MR) is 56.5 cm³/mol. The number of hydrogen-bond donors (Lipinski definition) is 2. The van der Waals surface area contributed by atoms with Crippen LogP contribution in [0.15, 0.2) is 16.6 Å². The molecule has 0 unspecified atom stereocenters. The fourth-order valence-corrected chi connectivity index (χ4v) is 1.36. The Morgan fingerprint density at radius 3 is 2.86 bits per heavy atom. The molecule has 0 saturated carbocycles. The van der Waals surface area contributed by atoms with E-state index in [1.54, 1.807) is 13.0 Å². The van der Waals surface area contributed by atoms with Crippen molar-refractivity contribution in [2.24, 2.45) is 5.73 Å². The molecule has 3 nitrogen and oxygen atoms in total. The van der Waals surface area contributed by atoms with Crippen molar-refractivity contribution in [3.8, 4) is 0 Å². The van der Waals surface area contributed by atoms with Gasteiger partial charge in [-0.3, -0.25) is 4.79 Å². The van der Waals surface area contributed by atoms with Gasteiger partial charge in [0.25, 0.3) is 0 Å². The summed E-state index contributed by atoms with van der Waals surface area (Å²) in [6.07, 6.45) is 0. The molecule has 5 heteroatoms. The molecule has 1 amide bonds. The molecular weight excluding hydrogens is 251 g/mol. The molecule has 0 atom stereocenters. The number of amides is 1. The van der Waals surface area contributed by atoms with Gasteiger partial charge >= 0.3 is 0 Å². The summed E-state index contributed by atoms with van der Waals surface area (Å²) >= 11 is 3.06. The summed E-state index contributed by atoms with van der Waals surface area (Å²) in [5, 5.41) is 2.81. The maximum absolute atomic E-state index is 13.0. The van der Waals surface area contributed by atoms with E-state index in [0.717, 1.165) is 5.56 Å². The van der Waals surface area contributed by atoms with Crippen LogP contribution in [0.3, 0.4) is 0 Å². The average molecular weight is 261 g/mol. The second-order valence-electron chi connectivity index (χ2n) is 2.90. The van der Waals surface area contributed by atoms with Crippen molar-refractivity contribution >= 4 is 27.5 Å². The molecule has 0 aromatic heterocycles. The number of benzene rings is 1. The molecule has 1 aromatic carbocycles. The van der Waals surface area contributed by atoms with E-state index in [4.69, 9.17) is 5.73 Å². The Morgan fingerprint density at radius 2 is 2.29 bits per heavy atom. The third-order valence-corrected chi connectivity index (χ3v) is 2.33. The summed E-state index contributed by atoms with van der Waals surface area (Å²) in [5.41, 5.74) is 6.39. The maximum atomic E-state index is 13.0. The van der Waals surface area contributed by atoms with E-state index in [9.17, 15) is 9.18 Å². The highest BCUT2D eigenvalue weighted by Crippen LogP contribution is 2.23. The Bertz CT molecular complexity index is 368. The van der Waals surface area contributed by atoms with Gasteiger partial charge in [-0.15, -0.1) is 0 Å². The topological polar surface area (TPSA) is 55.1 Å². The second-order valence-corrected chi connectivity index (χ2v) is 3.76. The minimum Gasteiger partial charge on any atom is -0.376 e. The van der Waals surface area contributed by atoms with Crippen molar-refractivity contribution < 1.29 is 9.18 Å². The number of anilines is 1. The van der Waals surface area contributed by atoms with Gasteiger partial charge in [-0.1, -0.05) is 0 Å². The smallest absolute Gasteiger partial charge is 0.236 e. The van der Waals surface area contributed by atoms with Crippen LogP contribution in [0.5, 0.6) is 0 Å². The number of halogens is 2. The Kier molecular flexibility index (Phi) is 3.46. The molecule has 14 heavy (non-hydrogen) atoms. The molecule has 76 valence electrons. The van der Waals surface area contributed by atoms with Crippen molar-refractivity contribution in [3.63, 3.8) is 0 Å². The Labute approximate surface area is 89.6 Å². The van der Waals surface area contributed by atoms with E-state index in [1.165, 1.54) is 6.07 Å². The van der Waals surface area contributed by atoms with Gasteiger partial charge in [-0.05, 0) is 40.5 Å². The Hall–Kier alpha value is -1.10. The molecule has 1 aromatic rings. The van der Waals surface area contributed by atoms with Crippen LogP contribution in [0.1, 0.15) is 5.56 Å². The molecule has 0 bridgehead atoms. The molecular formula is C9H10BrFN2O. The summed E-state index contributed by atoms with van der Waals surface area (Å²) in [6.45, 7) is 1.79. The average Bonchev–Trinajstić information content (AvgIpc) is 2.09. The van der Waals surface area contributed by atoms with E-state index in [-0.39, 0.29) is 12.4 Å². The number of carbonyl (C=O) groups is 1. The zero-order valence-corrected chi connectivity index (χ0v) is 9.19. The van der Waals surface area contributed by atoms with Crippen LogP contribution >= 0.6 is 15.9 Å². The summed E-state index contributed by atoms with van der Waals surface area (Å²) in [5.74, 6) is -0.781. The number of nitrogens with one attached hydrogen (secondary N) is 1. The van der Waals surface area contributed by atoms with Crippen molar-refractivity contribution in [3.05, 3.63) is 28.0 Å². The lowest BCUT2D eigenvalue weighted by atomic mass is 10.2. The van der Waals surface area contributed by atoms with Crippen LogP contribution in [0.4, 0.5) is 10.1 Å². The molecule has 0 spiro atoms. The van der Waals surface area contributed by atoms with Crippen LogP contribution in [0, 0.1) is 12.7 Å². The van der Waals surface area contributed by atoms with E-state index in [2.05, 4.69) is 21.2 Å². The molecule has 3 N–H and O–H groups in total. The van der Waals surface area contributed by atoms with Crippen LogP contribution in [0.2, 0.25) is 0 Å². The summed E-state index contributed by atoms with van der Waals surface area (Å²) < 4.78 is 13.3. The van der Waals surface area contributed by atoms with Gasteiger partial charge in [0.1, 0.15) is 5.82 Å². The molecule has 0 aliphatic carbocycles. The van der Waals surface area contributed by atoms with Gasteiger partial charge in [0, 0.05) is 5.69 Å². The fourth-order valence-electron chi connectivity index (χ4n) is 1.02. The van der Waals surface area contributed by atoms with Gasteiger partial charge < -0.3 is 11.1 Å². The number of hydrogen-bond acceptors (Lipinski definition) is 2. The lowest BCUT2D eigenvalue weighted by Gasteiger charge is -2.08. The lowest BCUT2D eigenvalue weighted by Crippen LogP contribution is -2.22. The Balaban J connectivity index is 2.87. The number of nitrogens with two attached hydrogens (primary N) is 1. The van der Waals surface area contributed by atoms with E-state index >= 15 is 0 Å². The number of primary amides is 1.